The highest BCUT2D eigenvalue weighted by atomic mass is 16.6. The number of methoxy groups -OCH3 is 1. The minimum atomic E-state index is -1.11. The van der Waals surface area contributed by atoms with E-state index in [0.29, 0.717) is 49.8 Å². The van der Waals surface area contributed by atoms with Crippen molar-refractivity contribution in [3.8, 4) is 0 Å². The number of rotatable bonds is 24. The summed E-state index contributed by atoms with van der Waals surface area (Å²) >= 11 is 0. The third kappa shape index (κ3) is 18.0. The quantitative estimate of drug-likeness (QED) is 0.0994. The Hall–Kier alpha value is -4.57. The molecule has 0 heterocycles. The van der Waals surface area contributed by atoms with E-state index in [1.165, 1.54) is 11.0 Å². The fourth-order valence-corrected chi connectivity index (χ4v) is 4.92. The minimum absolute atomic E-state index is 0.0153. The average Bonchev–Trinajstić information content (AvgIpc) is 3.11. The maximum absolute atomic E-state index is 13.2. The van der Waals surface area contributed by atoms with Crippen molar-refractivity contribution in [1.29, 1.82) is 0 Å². The van der Waals surface area contributed by atoms with Gasteiger partial charge in [-0.3, -0.25) is 14.4 Å². The number of carboxylic acids is 1. The largest absolute Gasteiger partial charge is 0.478 e. The van der Waals surface area contributed by atoms with E-state index in [1.807, 2.05) is 13.8 Å². The Labute approximate surface area is 317 Å². The van der Waals surface area contributed by atoms with Gasteiger partial charge >= 0.3 is 18.0 Å². The smallest absolute Gasteiger partial charge is 0.410 e. The summed E-state index contributed by atoms with van der Waals surface area (Å²) in [6.07, 6.45) is -0.776. The molecule has 0 aliphatic carbocycles. The van der Waals surface area contributed by atoms with Gasteiger partial charge in [0.1, 0.15) is 18.2 Å². The molecule has 3 N–H and O–H groups in total. The Balaban J connectivity index is 1.92. The second kappa shape index (κ2) is 24.0. The third-order valence-electron chi connectivity index (χ3n) is 7.83. The summed E-state index contributed by atoms with van der Waals surface area (Å²) < 4.78 is 32.3. The zero-order chi connectivity index (χ0) is 40.1. The van der Waals surface area contributed by atoms with Gasteiger partial charge in [-0.25, -0.2) is 9.59 Å². The van der Waals surface area contributed by atoms with Crippen molar-refractivity contribution in [3.63, 3.8) is 0 Å². The van der Waals surface area contributed by atoms with Crippen molar-refractivity contribution >= 4 is 35.5 Å². The first kappa shape index (κ1) is 45.6. The Morgan fingerprint density at radius 3 is 1.96 bits per heavy atom. The van der Waals surface area contributed by atoms with E-state index in [1.54, 1.807) is 77.3 Å². The van der Waals surface area contributed by atoms with Gasteiger partial charge in [-0.15, -0.1) is 0 Å². The van der Waals surface area contributed by atoms with Crippen LogP contribution >= 0.6 is 0 Å². The second-order valence-electron chi connectivity index (χ2n) is 13.8. The summed E-state index contributed by atoms with van der Waals surface area (Å²) in [5.74, 6) is -3.32. The van der Waals surface area contributed by atoms with Crippen LogP contribution in [0.3, 0.4) is 0 Å². The van der Waals surface area contributed by atoms with E-state index in [2.05, 4.69) is 10.6 Å². The number of aromatic carboxylic acids is 1. The lowest BCUT2D eigenvalue weighted by Gasteiger charge is -2.25. The Morgan fingerprint density at radius 2 is 1.39 bits per heavy atom. The molecule has 0 aromatic heterocycles. The van der Waals surface area contributed by atoms with Crippen LogP contribution in [0.4, 0.5) is 10.5 Å². The molecule has 2 aromatic rings. The van der Waals surface area contributed by atoms with Crippen molar-refractivity contribution in [2.45, 2.75) is 72.8 Å². The van der Waals surface area contributed by atoms with Crippen LogP contribution in [0.2, 0.25) is 0 Å². The molecule has 15 nitrogen and oxygen atoms in total. The Kier molecular flexibility index (Phi) is 20.2. The number of carbonyl (C=O) groups is 5. The Bertz CT molecular complexity index is 1480. The van der Waals surface area contributed by atoms with E-state index < -0.39 is 47.4 Å². The molecule has 0 saturated heterocycles. The number of carbonyl (C=O) groups excluding carboxylic acids is 4. The van der Waals surface area contributed by atoms with Crippen LogP contribution in [-0.2, 0) is 56.0 Å². The molecule has 15 heteroatoms. The van der Waals surface area contributed by atoms with Crippen LogP contribution in [0.25, 0.3) is 0 Å². The van der Waals surface area contributed by atoms with Gasteiger partial charge in [0, 0.05) is 25.9 Å². The number of nitrogens with zero attached hydrogens (tertiary/aromatic N) is 1. The van der Waals surface area contributed by atoms with E-state index >= 15 is 0 Å². The van der Waals surface area contributed by atoms with Crippen LogP contribution in [0.5, 0.6) is 0 Å². The molecule has 3 amide bonds. The molecule has 0 spiro atoms. The highest BCUT2D eigenvalue weighted by Gasteiger charge is 2.30. The third-order valence-corrected chi connectivity index (χ3v) is 7.83. The fraction of sp³-hybridized carbons (Fsp3) is 0.564. The minimum Gasteiger partial charge on any atom is -0.478 e. The number of ether oxygens (including phenoxy) is 6. The fourth-order valence-electron chi connectivity index (χ4n) is 4.92. The van der Waals surface area contributed by atoms with Gasteiger partial charge in [-0.05, 0) is 62.9 Å². The Morgan fingerprint density at radius 1 is 0.796 bits per heavy atom. The van der Waals surface area contributed by atoms with Crippen molar-refractivity contribution in [2.75, 3.05) is 65.2 Å². The highest BCUT2D eigenvalue weighted by Crippen LogP contribution is 2.20. The van der Waals surface area contributed by atoms with Gasteiger partial charge in [0.05, 0.1) is 64.2 Å². The first-order chi connectivity index (χ1) is 25.6. The predicted octanol–water partition coefficient (Wildman–Crippen LogP) is 4.67. The van der Waals surface area contributed by atoms with Crippen LogP contribution in [-0.4, -0.2) is 111 Å². The SMILES string of the molecule is COCCOCCOCCOCCN(Cc1ccccc1C(=O)O)C(=O)OCc1ccc(NC(=O)[C@H](C)NC(=O)[C@@H](CC(=O)OC(C)(C)C)C(C)C)cc1. The number of esters is 1. The zero-order valence-corrected chi connectivity index (χ0v) is 32.5. The molecular weight excluding hydrogens is 702 g/mol. The van der Waals surface area contributed by atoms with Crippen LogP contribution < -0.4 is 10.6 Å². The lowest BCUT2D eigenvalue weighted by molar-refractivity contribution is -0.158. The maximum atomic E-state index is 13.2. The van der Waals surface area contributed by atoms with Crippen LogP contribution in [0.1, 0.15) is 69.4 Å². The number of carboxylic acid groups (broad SMARTS) is 1. The molecule has 0 fully saturated rings. The van der Waals surface area contributed by atoms with Gasteiger partial charge in [0.2, 0.25) is 11.8 Å². The monoisotopic (exact) mass is 759 g/mol. The lowest BCUT2D eigenvalue weighted by atomic mass is 9.91. The van der Waals surface area contributed by atoms with Gasteiger partial charge < -0.3 is 49.1 Å². The summed E-state index contributed by atoms with van der Waals surface area (Å²) in [5.41, 5.74) is 0.923. The summed E-state index contributed by atoms with van der Waals surface area (Å²) in [7, 11) is 1.60. The van der Waals surface area contributed by atoms with Crippen molar-refractivity contribution < 1.29 is 57.5 Å². The summed E-state index contributed by atoms with van der Waals surface area (Å²) in [4.78, 5) is 64.7. The second-order valence-corrected chi connectivity index (χ2v) is 13.8. The molecule has 0 saturated carbocycles. The molecular formula is C39H57N3O12. The topological polar surface area (TPSA) is 188 Å². The summed E-state index contributed by atoms with van der Waals surface area (Å²) in [5, 5.41) is 15.1. The molecule has 0 radical (unpaired) electrons. The number of hydrogen-bond donors (Lipinski definition) is 3. The molecule has 0 bridgehead atoms. The highest BCUT2D eigenvalue weighted by molar-refractivity contribution is 5.97. The molecule has 2 rings (SSSR count). The summed E-state index contributed by atoms with van der Waals surface area (Å²) in [6.45, 7) is 13.1. The average molecular weight is 760 g/mol. The van der Waals surface area contributed by atoms with E-state index in [0.717, 1.165) is 0 Å². The maximum Gasteiger partial charge on any atom is 0.410 e. The predicted molar refractivity (Wildman–Crippen MR) is 200 cm³/mol. The van der Waals surface area contributed by atoms with E-state index in [4.69, 9.17) is 28.4 Å². The van der Waals surface area contributed by atoms with Crippen molar-refractivity contribution in [1.82, 2.24) is 10.2 Å². The molecule has 54 heavy (non-hydrogen) atoms. The summed E-state index contributed by atoms with van der Waals surface area (Å²) in [6, 6.07) is 12.2. The molecule has 2 aromatic carbocycles. The number of amides is 3. The van der Waals surface area contributed by atoms with Gasteiger partial charge in [-0.1, -0.05) is 44.2 Å². The number of hydrogen-bond acceptors (Lipinski definition) is 11. The molecule has 0 unspecified atom stereocenters. The van der Waals surface area contributed by atoms with Crippen LogP contribution in [0.15, 0.2) is 48.5 Å². The molecule has 0 aliphatic rings. The standard InChI is InChI=1S/C39H57N3O12/c1-27(2)33(24-34(43)54-39(4,5)6)36(45)40-28(3)35(44)41-31-14-12-29(13-15-31)26-53-38(48)42(25-30-10-8-9-11-32(30)37(46)47)16-17-50-20-21-52-23-22-51-19-18-49-7/h8-15,27-28,33H,16-26H2,1-7H3,(H,40,45)(H,41,44)(H,46,47)/t28-,33-/m0/s1. The number of anilines is 1. The van der Waals surface area contributed by atoms with Gasteiger partial charge in [0.15, 0.2) is 0 Å². The van der Waals surface area contributed by atoms with Gasteiger partial charge in [0.25, 0.3) is 0 Å². The van der Waals surface area contributed by atoms with Gasteiger partial charge in [-0.2, -0.15) is 0 Å². The lowest BCUT2D eigenvalue weighted by Crippen LogP contribution is -2.45. The number of benzene rings is 2. The van der Waals surface area contributed by atoms with Crippen molar-refractivity contribution in [2.24, 2.45) is 11.8 Å². The van der Waals surface area contributed by atoms with E-state index in [9.17, 15) is 29.1 Å². The molecule has 300 valence electrons. The number of nitrogens with one attached hydrogen (secondary N) is 2. The van der Waals surface area contributed by atoms with E-state index in [-0.39, 0.29) is 50.8 Å². The molecule has 0 aliphatic heterocycles. The van der Waals surface area contributed by atoms with Crippen molar-refractivity contribution in [3.05, 3.63) is 65.2 Å². The first-order valence-corrected chi connectivity index (χ1v) is 18.0. The zero-order valence-electron chi connectivity index (χ0n) is 32.5. The van der Waals surface area contributed by atoms with Crippen LogP contribution in [0, 0.1) is 11.8 Å². The normalized spacial score (nSPS) is 12.4. The molecule has 2 atom stereocenters. The first-order valence-electron chi connectivity index (χ1n) is 18.0.